The van der Waals surface area contributed by atoms with Crippen LogP contribution in [0.25, 0.3) is 0 Å². The van der Waals surface area contributed by atoms with Crippen molar-refractivity contribution in [2.75, 3.05) is 6.54 Å². The SMILES string of the molecule is Cc1ccc(Br)cc1C(=O)NCCCc1ncc[nH]1. The Morgan fingerprint density at radius 3 is 3.05 bits per heavy atom. The number of hydrogen-bond acceptors (Lipinski definition) is 2. The van der Waals surface area contributed by atoms with Gasteiger partial charge in [-0.2, -0.15) is 0 Å². The fraction of sp³-hybridized carbons (Fsp3) is 0.286. The predicted octanol–water partition coefficient (Wildman–Crippen LogP) is 2.84. The van der Waals surface area contributed by atoms with E-state index in [2.05, 4.69) is 31.2 Å². The zero-order chi connectivity index (χ0) is 13.7. The zero-order valence-electron chi connectivity index (χ0n) is 10.7. The van der Waals surface area contributed by atoms with Gasteiger partial charge in [-0.25, -0.2) is 4.98 Å². The van der Waals surface area contributed by atoms with Crippen LogP contribution in [0.3, 0.4) is 0 Å². The van der Waals surface area contributed by atoms with Crippen molar-refractivity contribution < 1.29 is 4.79 Å². The Morgan fingerprint density at radius 2 is 2.32 bits per heavy atom. The normalized spacial score (nSPS) is 10.4. The number of aromatic amines is 1. The number of hydrogen-bond donors (Lipinski definition) is 2. The number of aromatic nitrogens is 2. The first-order valence-corrected chi connectivity index (χ1v) is 6.99. The molecule has 0 unspecified atom stereocenters. The van der Waals surface area contributed by atoms with Crippen LogP contribution < -0.4 is 5.32 Å². The number of benzene rings is 1. The standard InChI is InChI=1S/C14H16BrN3O/c1-10-4-5-11(15)9-12(10)14(19)18-6-2-3-13-16-7-8-17-13/h4-5,7-9H,2-3,6H2,1H3,(H,16,17)(H,18,19). The van der Waals surface area contributed by atoms with Gasteiger partial charge < -0.3 is 10.3 Å². The predicted molar refractivity (Wildman–Crippen MR) is 78.1 cm³/mol. The molecule has 0 atom stereocenters. The molecule has 0 saturated heterocycles. The van der Waals surface area contributed by atoms with Gasteiger partial charge in [0, 0.05) is 35.4 Å². The van der Waals surface area contributed by atoms with E-state index in [4.69, 9.17) is 0 Å². The van der Waals surface area contributed by atoms with Crippen molar-refractivity contribution in [1.82, 2.24) is 15.3 Å². The van der Waals surface area contributed by atoms with Gasteiger partial charge in [0.2, 0.25) is 0 Å². The van der Waals surface area contributed by atoms with Gasteiger partial charge in [0.05, 0.1) is 0 Å². The Morgan fingerprint density at radius 1 is 1.47 bits per heavy atom. The average Bonchev–Trinajstić information content (AvgIpc) is 2.90. The minimum atomic E-state index is -0.0294. The second-order valence-corrected chi connectivity index (χ2v) is 5.27. The third-order valence-electron chi connectivity index (χ3n) is 2.88. The smallest absolute Gasteiger partial charge is 0.251 e. The molecule has 0 aliphatic rings. The second-order valence-electron chi connectivity index (χ2n) is 4.35. The highest BCUT2D eigenvalue weighted by Crippen LogP contribution is 2.15. The number of carbonyl (C=O) groups excluding carboxylic acids is 1. The lowest BCUT2D eigenvalue weighted by atomic mass is 10.1. The molecule has 0 radical (unpaired) electrons. The Hall–Kier alpha value is -1.62. The molecule has 2 N–H and O–H groups in total. The van der Waals surface area contributed by atoms with Crippen LogP contribution in [-0.2, 0) is 6.42 Å². The van der Waals surface area contributed by atoms with Crippen LogP contribution >= 0.6 is 15.9 Å². The molecule has 19 heavy (non-hydrogen) atoms. The number of imidazole rings is 1. The topological polar surface area (TPSA) is 57.8 Å². The molecule has 0 aliphatic heterocycles. The molecule has 2 rings (SSSR count). The molecule has 0 saturated carbocycles. The largest absolute Gasteiger partial charge is 0.352 e. The van der Waals surface area contributed by atoms with Crippen molar-refractivity contribution in [3.63, 3.8) is 0 Å². The van der Waals surface area contributed by atoms with Crippen molar-refractivity contribution >= 4 is 21.8 Å². The summed E-state index contributed by atoms with van der Waals surface area (Å²) in [4.78, 5) is 19.2. The molecule has 100 valence electrons. The zero-order valence-corrected chi connectivity index (χ0v) is 12.3. The van der Waals surface area contributed by atoms with E-state index in [9.17, 15) is 4.79 Å². The van der Waals surface area contributed by atoms with E-state index in [1.54, 1.807) is 12.4 Å². The molecule has 1 heterocycles. The minimum Gasteiger partial charge on any atom is -0.352 e. The van der Waals surface area contributed by atoms with Gasteiger partial charge in [0.1, 0.15) is 5.82 Å². The lowest BCUT2D eigenvalue weighted by molar-refractivity contribution is 0.0952. The number of nitrogens with one attached hydrogen (secondary N) is 2. The van der Waals surface area contributed by atoms with Crippen LogP contribution in [-0.4, -0.2) is 22.4 Å². The first-order chi connectivity index (χ1) is 9.16. The first kappa shape index (κ1) is 13.8. The van der Waals surface area contributed by atoms with Gasteiger partial charge in [-0.1, -0.05) is 22.0 Å². The number of carbonyl (C=O) groups is 1. The van der Waals surface area contributed by atoms with Gasteiger partial charge in [-0.05, 0) is 31.0 Å². The summed E-state index contributed by atoms with van der Waals surface area (Å²) in [5, 5.41) is 2.93. The van der Waals surface area contributed by atoms with E-state index >= 15 is 0 Å². The molecule has 0 spiro atoms. The van der Waals surface area contributed by atoms with Crippen LogP contribution in [0.1, 0.15) is 28.2 Å². The Labute approximate surface area is 120 Å². The maximum absolute atomic E-state index is 12.0. The molecule has 1 aromatic carbocycles. The van der Waals surface area contributed by atoms with Crippen LogP contribution in [0.2, 0.25) is 0 Å². The lowest BCUT2D eigenvalue weighted by Gasteiger charge is -2.07. The molecular formula is C14H16BrN3O. The fourth-order valence-corrected chi connectivity index (χ4v) is 2.19. The molecule has 1 amide bonds. The van der Waals surface area contributed by atoms with E-state index in [-0.39, 0.29) is 5.91 Å². The van der Waals surface area contributed by atoms with Gasteiger partial charge in [0.25, 0.3) is 5.91 Å². The molecule has 4 nitrogen and oxygen atoms in total. The fourth-order valence-electron chi connectivity index (χ4n) is 1.83. The van der Waals surface area contributed by atoms with E-state index < -0.39 is 0 Å². The van der Waals surface area contributed by atoms with E-state index in [1.807, 2.05) is 25.1 Å². The number of rotatable bonds is 5. The molecule has 2 aromatic rings. The maximum Gasteiger partial charge on any atom is 0.251 e. The maximum atomic E-state index is 12.0. The van der Waals surface area contributed by atoms with Crippen LogP contribution in [0.5, 0.6) is 0 Å². The summed E-state index contributed by atoms with van der Waals surface area (Å²) >= 11 is 3.38. The Kier molecular flexibility index (Phi) is 4.74. The second kappa shape index (κ2) is 6.52. The van der Waals surface area contributed by atoms with Gasteiger partial charge >= 0.3 is 0 Å². The first-order valence-electron chi connectivity index (χ1n) is 6.19. The number of aryl methyl sites for hydroxylation is 2. The quantitative estimate of drug-likeness (QED) is 0.832. The number of amides is 1. The van der Waals surface area contributed by atoms with E-state index in [0.717, 1.165) is 28.7 Å². The summed E-state index contributed by atoms with van der Waals surface area (Å²) in [5.41, 5.74) is 1.69. The average molecular weight is 322 g/mol. The van der Waals surface area contributed by atoms with Crippen molar-refractivity contribution in [1.29, 1.82) is 0 Å². The molecule has 1 aromatic heterocycles. The van der Waals surface area contributed by atoms with Crippen molar-refractivity contribution in [2.24, 2.45) is 0 Å². The van der Waals surface area contributed by atoms with Gasteiger partial charge in [-0.15, -0.1) is 0 Å². The number of halogens is 1. The molecular weight excluding hydrogens is 306 g/mol. The monoisotopic (exact) mass is 321 g/mol. The molecule has 5 heteroatoms. The van der Waals surface area contributed by atoms with Crippen LogP contribution in [0, 0.1) is 6.92 Å². The molecule has 0 fully saturated rings. The Bertz CT molecular complexity index is 552. The minimum absolute atomic E-state index is 0.0294. The summed E-state index contributed by atoms with van der Waals surface area (Å²) in [5.74, 6) is 0.922. The summed E-state index contributed by atoms with van der Waals surface area (Å²) in [6.07, 6.45) is 5.24. The Balaban J connectivity index is 1.82. The summed E-state index contributed by atoms with van der Waals surface area (Å²) in [6, 6.07) is 5.71. The van der Waals surface area contributed by atoms with Crippen LogP contribution in [0.4, 0.5) is 0 Å². The highest BCUT2D eigenvalue weighted by atomic mass is 79.9. The summed E-state index contributed by atoms with van der Waals surface area (Å²) in [7, 11) is 0. The number of H-pyrrole nitrogens is 1. The third kappa shape index (κ3) is 3.92. The van der Waals surface area contributed by atoms with Gasteiger partial charge in [-0.3, -0.25) is 4.79 Å². The van der Waals surface area contributed by atoms with Crippen molar-refractivity contribution in [2.45, 2.75) is 19.8 Å². The summed E-state index contributed by atoms with van der Waals surface area (Å²) < 4.78 is 0.916. The highest BCUT2D eigenvalue weighted by molar-refractivity contribution is 9.10. The number of nitrogens with zero attached hydrogens (tertiary/aromatic N) is 1. The highest BCUT2D eigenvalue weighted by Gasteiger charge is 2.08. The van der Waals surface area contributed by atoms with Crippen molar-refractivity contribution in [3.8, 4) is 0 Å². The van der Waals surface area contributed by atoms with E-state index in [1.165, 1.54) is 0 Å². The molecule has 0 aliphatic carbocycles. The van der Waals surface area contributed by atoms with E-state index in [0.29, 0.717) is 12.1 Å². The molecule has 0 bridgehead atoms. The lowest BCUT2D eigenvalue weighted by Crippen LogP contribution is -2.25. The van der Waals surface area contributed by atoms with Gasteiger partial charge in [0.15, 0.2) is 0 Å². The summed E-state index contributed by atoms with van der Waals surface area (Å²) in [6.45, 7) is 2.58. The van der Waals surface area contributed by atoms with Crippen molar-refractivity contribution in [3.05, 3.63) is 52.0 Å². The third-order valence-corrected chi connectivity index (χ3v) is 3.37. The van der Waals surface area contributed by atoms with Crippen LogP contribution in [0.15, 0.2) is 35.1 Å².